The van der Waals surface area contributed by atoms with Crippen molar-refractivity contribution in [3.63, 3.8) is 0 Å². The first-order valence-corrected chi connectivity index (χ1v) is 16.5. The molecule has 2 saturated heterocycles. The predicted octanol–water partition coefficient (Wildman–Crippen LogP) is -3.20. The van der Waals surface area contributed by atoms with Gasteiger partial charge in [0.2, 0.25) is 12.6 Å². The molecule has 16 atom stereocenters. The highest BCUT2D eigenvalue weighted by Crippen LogP contribution is 2.41. The monoisotopic (exact) mass is 758 g/mol. The molecule has 0 unspecified atom stereocenters. The van der Waals surface area contributed by atoms with E-state index in [0.717, 1.165) is 26.7 Å². The van der Waals surface area contributed by atoms with E-state index in [0.29, 0.717) is 6.29 Å². The largest absolute Gasteiger partial charge is 0.471 e. The Morgan fingerprint density at radius 1 is 0.698 bits per heavy atom. The van der Waals surface area contributed by atoms with Crippen molar-refractivity contribution in [3.05, 3.63) is 60.6 Å². The van der Waals surface area contributed by atoms with Crippen LogP contribution >= 0.6 is 0 Å². The number of aldehydes is 1. The summed E-state index contributed by atoms with van der Waals surface area (Å²) in [5, 5.41) is 81.1. The van der Waals surface area contributed by atoms with Crippen molar-refractivity contribution in [2.45, 2.75) is 80.4 Å². The highest BCUT2D eigenvalue weighted by molar-refractivity contribution is 5.92. The van der Waals surface area contributed by atoms with Gasteiger partial charge in [0.05, 0.1) is 57.0 Å². The maximum Gasteiger partial charge on any atom is 0.337 e. The van der Waals surface area contributed by atoms with Crippen molar-refractivity contribution in [3.8, 4) is 0 Å². The van der Waals surface area contributed by atoms with Crippen molar-refractivity contribution in [2.24, 2.45) is 23.7 Å². The standard InChI is InChI=1S/C34H46O19/c1-5-15-17(18(29(44)46-3)12-48-31(15)52-33-27(42)25(40)23(38)20(10-36)50-33)8-7-14(9-35)22-16(6-2)32(49-13-19(22)30(45)47-4)53-34-28(43)26(41)24(39)21(11-37)51-34/h5-7,9,12-13,15-17,20-28,31-34,36-43H,1-2,8,10-11H2,3-4H3/b14-7-/t15-,16-,17-,20+,21+,22-,23+,24+,25-,26-,27+,28+,31-,32-,33-,34-/m0/s1. The van der Waals surface area contributed by atoms with Crippen LogP contribution in [0.25, 0.3) is 0 Å². The van der Waals surface area contributed by atoms with Gasteiger partial charge in [-0.1, -0.05) is 18.2 Å². The van der Waals surface area contributed by atoms with E-state index in [2.05, 4.69) is 13.2 Å². The Labute approximate surface area is 303 Å². The quantitative estimate of drug-likeness (QED) is 0.0375. The fourth-order valence-electron chi connectivity index (χ4n) is 6.58. The van der Waals surface area contributed by atoms with E-state index in [1.165, 1.54) is 18.2 Å². The smallest absolute Gasteiger partial charge is 0.337 e. The van der Waals surface area contributed by atoms with Crippen LogP contribution in [0, 0.1) is 23.7 Å². The summed E-state index contributed by atoms with van der Waals surface area (Å²) in [5.74, 6) is -5.82. The molecule has 0 radical (unpaired) electrons. The van der Waals surface area contributed by atoms with Gasteiger partial charge in [-0.3, -0.25) is 4.79 Å². The second-order valence-electron chi connectivity index (χ2n) is 12.6. The number of aliphatic hydroxyl groups is 8. The number of rotatable bonds is 14. The van der Waals surface area contributed by atoms with Crippen LogP contribution in [-0.4, -0.2) is 161 Å². The number of carbonyl (C=O) groups excluding carboxylic acids is 3. The van der Waals surface area contributed by atoms with E-state index in [1.54, 1.807) is 0 Å². The van der Waals surface area contributed by atoms with Crippen LogP contribution in [0.3, 0.4) is 0 Å². The number of ether oxygens (including phenoxy) is 8. The topological polar surface area (TPSA) is 287 Å². The predicted molar refractivity (Wildman–Crippen MR) is 173 cm³/mol. The molecule has 0 aromatic heterocycles. The maximum absolute atomic E-state index is 13.0. The van der Waals surface area contributed by atoms with E-state index in [9.17, 15) is 55.2 Å². The molecule has 0 aliphatic carbocycles. The molecule has 19 heteroatoms. The second-order valence-corrected chi connectivity index (χ2v) is 12.6. The Hall–Kier alpha value is -3.57. The SMILES string of the molecule is C=C[C@@H]1[C@H](O[C@@H]2O[C@H](CO)[C@@H](O)[C@H](O)[C@H]2O)OC=C(C(=O)OC)[C@H]1C/C=C(/C=O)[C@@H]1C(C(=O)OC)=CO[C@@H](O[C@@H]2O[C@H](CO)[C@@H](O)[C@H](O)[C@H]2O)[C@H]1C=C. The molecule has 4 rings (SSSR count). The Kier molecular flexibility index (Phi) is 14.8. The number of aliphatic hydroxyl groups excluding tert-OH is 8. The third kappa shape index (κ3) is 8.72. The van der Waals surface area contributed by atoms with Crippen molar-refractivity contribution in [1.29, 1.82) is 0 Å². The molecule has 0 aromatic rings. The Balaban J connectivity index is 1.66. The summed E-state index contributed by atoms with van der Waals surface area (Å²) in [6.45, 7) is 6.16. The van der Waals surface area contributed by atoms with Gasteiger partial charge in [0.15, 0.2) is 12.6 Å². The molecule has 4 heterocycles. The van der Waals surface area contributed by atoms with Gasteiger partial charge in [0, 0.05) is 17.8 Å². The molecule has 4 aliphatic rings. The molecule has 0 aromatic carbocycles. The molecule has 53 heavy (non-hydrogen) atoms. The first-order valence-electron chi connectivity index (χ1n) is 16.5. The number of hydrogen-bond acceptors (Lipinski definition) is 19. The first kappa shape index (κ1) is 42.2. The van der Waals surface area contributed by atoms with Gasteiger partial charge >= 0.3 is 11.9 Å². The van der Waals surface area contributed by atoms with Crippen LogP contribution < -0.4 is 0 Å². The normalized spacial score (nSPS) is 40.4. The zero-order chi connectivity index (χ0) is 39.1. The lowest BCUT2D eigenvalue weighted by Gasteiger charge is -2.43. The zero-order valence-corrected chi connectivity index (χ0v) is 28.8. The summed E-state index contributed by atoms with van der Waals surface area (Å²) in [7, 11) is 2.23. The first-order chi connectivity index (χ1) is 25.3. The average molecular weight is 759 g/mol. The van der Waals surface area contributed by atoms with Gasteiger partial charge < -0.3 is 78.7 Å². The van der Waals surface area contributed by atoms with Crippen molar-refractivity contribution in [1.82, 2.24) is 0 Å². The van der Waals surface area contributed by atoms with Gasteiger partial charge in [-0.25, -0.2) is 9.59 Å². The highest BCUT2D eigenvalue weighted by atomic mass is 16.8. The van der Waals surface area contributed by atoms with Gasteiger partial charge in [-0.15, -0.1) is 13.2 Å². The van der Waals surface area contributed by atoms with Crippen LogP contribution in [-0.2, 0) is 52.3 Å². The number of hydrogen-bond donors (Lipinski definition) is 8. The molecular formula is C34H46O19. The third-order valence-electron chi connectivity index (χ3n) is 9.59. The summed E-state index contributed by atoms with van der Waals surface area (Å²) in [4.78, 5) is 38.7. The van der Waals surface area contributed by atoms with Crippen LogP contribution in [0.5, 0.6) is 0 Å². The van der Waals surface area contributed by atoms with Crippen LogP contribution in [0.15, 0.2) is 60.6 Å². The highest BCUT2D eigenvalue weighted by Gasteiger charge is 2.50. The average Bonchev–Trinajstić information content (AvgIpc) is 3.17. The molecule has 8 N–H and O–H groups in total. The summed E-state index contributed by atoms with van der Waals surface area (Å²) < 4.78 is 43.7. The van der Waals surface area contributed by atoms with E-state index in [-0.39, 0.29) is 23.1 Å². The molecule has 0 spiro atoms. The minimum absolute atomic E-state index is 0.0210. The zero-order valence-electron chi connectivity index (χ0n) is 28.8. The Morgan fingerprint density at radius 3 is 1.58 bits per heavy atom. The number of allylic oxidation sites excluding steroid dienone is 2. The summed E-state index contributed by atoms with van der Waals surface area (Å²) in [6, 6.07) is 0. The van der Waals surface area contributed by atoms with E-state index in [1.807, 2.05) is 0 Å². The number of methoxy groups -OCH3 is 2. The summed E-state index contributed by atoms with van der Waals surface area (Å²) in [6.07, 6.45) is -12.7. The lowest BCUT2D eigenvalue weighted by atomic mass is 9.76. The van der Waals surface area contributed by atoms with Gasteiger partial charge in [0.25, 0.3) is 0 Å². The summed E-state index contributed by atoms with van der Waals surface area (Å²) >= 11 is 0. The fraction of sp³-hybridized carbons (Fsp3) is 0.618. The van der Waals surface area contributed by atoms with E-state index < -0.39 is 123 Å². The van der Waals surface area contributed by atoms with E-state index >= 15 is 0 Å². The third-order valence-corrected chi connectivity index (χ3v) is 9.59. The number of carbonyl (C=O) groups is 3. The second kappa shape index (κ2) is 18.7. The molecule has 2 fully saturated rings. The molecule has 0 amide bonds. The van der Waals surface area contributed by atoms with Gasteiger partial charge in [0.1, 0.15) is 55.1 Å². The maximum atomic E-state index is 13.0. The summed E-state index contributed by atoms with van der Waals surface area (Å²) in [5.41, 5.74) is -0.223. The Bertz CT molecular complexity index is 1410. The minimum Gasteiger partial charge on any atom is -0.471 e. The Morgan fingerprint density at radius 2 is 1.15 bits per heavy atom. The van der Waals surface area contributed by atoms with Crippen LogP contribution in [0.4, 0.5) is 0 Å². The van der Waals surface area contributed by atoms with Gasteiger partial charge in [-0.2, -0.15) is 0 Å². The minimum atomic E-state index is -1.81. The van der Waals surface area contributed by atoms with Crippen LogP contribution in [0.1, 0.15) is 6.42 Å². The molecule has 19 nitrogen and oxygen atoms in total. The molecule has 0 bridgehead atoms. The lowest BCUT2D eigenvalue weighted by molar-refractivity contribution is -0.339. The lowest BCUT2D eigenvalue weighted by Crippen LogP contribution is -2.60. The van der Waals surface area contributed by atoms with E-state index in [4.69, 9.17) is 37.9 Å². The fourth-order valence-corrected chi connectivity index (χ4v) is 6.58. The van der Waals surface area contributed by atoms with Crippen LogP contribution in [0.2, 0.25) is 0 Å². The van der Waals surface area contributed by atoms with Crippen molar-refractivity contribution < 1.29 is 93.1 Å². The van der Waals surface area contributed by atoms with Crippen molar-refractivity contribution >= 4 is 18.2 Å². The van der Waals surface area contributed by atoms with Gasteiger partial charge in [-0.05, 0) is 12.0 Å². The number of esters is 2. The molecule has 0 saturated carbocycles. The molecular weight excluding hydrogens is 712 g/mol. The van der Waals surface area contributed by atoms with Crippen molar-refractivity contribution in [2.75, 3.05) is 27.4 Å². The molecule has 4 aliphatic heterocycles. The molecule has 296 valence electrons.